The van der Waals surface area contributed by atoms with E-state index >= 15 is 0 Å². The Hall–Kier alpha value is -2.44. The molecule has 1 aromatic heterocycles. The van der Waals surface area contributed by atoms with Crippen LogP contribution in [0.5, 0.6) is 0 Å². The third-order valence-electron chi connectivity index (χ3n) is 3.51. The van der Waals surface area contributed by atoms with Crippen LogP contribution in [0.4, 0.5) is 10.1 Å². The monoisotopic (exact) mass is 308 g/mol. The van der Waals surface area contributed by atoms with Crippen LogP contribution in [0, 0.1) is 15.9 Å². The quantitative estimate of drug-likeness (QED) is 0.521. The van der Waals surface area contributed by atoms with Gasteiger partial charge in [0.25, 0.3) is 0 Å². The highest BCUT2D eigenvalue weighted by Crippen LogP contribution is 2.32. The average Bonchev–Trinajstić information content (AvgIpc) is 2.80. The Labute approximate surface area is 126 Å². The van der Waals surface area contributed by atoms with Crippen molar-refractivity contribution >= 4 is 22.6 Å². The second kappa shape index (κ2) is 5.75. The summed E-state index contributed by atoms with van der Waals surface area (Å²) in [6.45, 7) is 5.73. The first-order chi connectivity index (χ1) is 10.2. The summed E-state index contributed by atoms with van der Waals surface area (Å²) in [5, 5.41) is 11.3. The molecule has 0 saturated carbocycles. The lowest BCUT2D eigenvalue weighted by molar-refractivity contribution is -0.387. The standard InChI is InChI=1S/C15H17FN2O4/c1-4-22-14(19)8-15(2,3)13-6-9-5-12(18(20)21)10(16)7-11(9)17-13/h5-7,17H,4,8H2,1-3H3. The Morgan fingerprint density at radius 1 is 1.41 bits per heavy atom. The lowest BCUT2D eigenvalue weighted by atomic mass is 9.86. The number of aromatic nitrogens is 1. The van der Waals surface area contributed by atoms with E-state index in [-0.39, 0.29) is 12.4 Å². The Morgan fingerprint density at radius 2 is 2.09 bits per heavy atom. The maximum atomic E-state index is 13.7. The molecule has 0 atom stereocenters. The number of halogens is 1. The van der Waals surface area contributed by atoms with E-state index in [0.717, 1.165) is 6.07 Å². The van der Waals surface area contributed by atoms with Crippen LogP contribution in [0.15, 0.2) is 18.2 Å². The Kier molecular flexibility index (Phi) is 4.16. The summed E-state index contributed by atoms with van der Waals surface area (Å²) >= 11 is 0. The van der Waals surface area contributed by atoms with E-state index in [9.17, 15) is 19.3 Å². The van der Waals surface area contributed by atoms with E-state index in [0.29, 0.717) is 23.2 Å². The van der Waals surface area contributed by atoms with Gasteiger partial charge in [0.1, 0.15) is 0 Å². The summed E-state index contributed by atoms with van der Waals surface area (Å²) in [5.74, 6) is -1.22. The molecule has 0 aliphatic rings. The van der Waals surface area contributed by atoms with E-state index in [1.807, 2.05) is 13.8 Å². The molecule has 0 saturated heterocycles. The molecule has 22 heavy (non-hydrogen) atoms. The highest BCUT2D eigenvalue weighted by molar-refractivity contribution is 5.83. The van der Waals surface area contributed by atoms with Gasteiger partial charge in [0, 0.05) is 34.1 Å². The largest absolute Gasteiger partial charge is 0.466 e. The number of hydrogen-bond acceptors (Lipinski definition) is 4. The van der Waals surface area contributed by atoms with Crippen molar-refractivity contribution in [2.75, 3.05) is 6.61 Å². The number of ether oxygens (including phenoxy) is 1. The van der Waals surface area contributed by atoms with Crippen molar-refractivity contribution in [2.24, 2.45) is 0 Å². The number of nitro groups is 1. The molecular formula is C15H17FN2O4. The number of rotatable bonds is 5. The van der Waals surface area contributed by atoms with Gasteiger partial charge in [-0.25, -0.2) is 0 Å². The van der Waals surface area contributed by atoms with E-state index in [1.165, 1.54) is 6.07 Å². The molecule has 1 aromatic carbocycles. The van der Waals surface area contributed by atoms with Gasteiger partial charge in [0.2, 0.25) is 5.82 Å². The molecule has 0 spiro atoms. The van der Waals surface area contributed by atoms with Gasteiger partial charge in [0.15, 0.2) is 0 Å². The fraction of sp³-hybridized carbons (Fsp3) is 0.400. The highest BCUT2D eigenvalue weighted by atomic mass is 19.1. The van der Waals surface area contributed by atoms with Crippen LogP contribution in [-0.4, -0.2) is 22.5 Å². The van der Waals surface area contributed by atoms with E-state index < -0.39 is 21.8 Å². The molecule has 0 bridgehead atoms. The Balaban J connectivity index is 2.40. The first kappa shape index (κ1) is 15.9. The Bertz CT molecular complexity index is 736. The van der Waals surface area contributed by atoms with Crippen LogP contribution in [0.1, 0.15) is 32.9 Å². The first-order valence-electron chi connectivity index (χ1n) is 6.87. The van der Waals surface area contributed by atoms with Gasteiger partial charge in [-0.05, 0) is 13.0 Å². The van der Waals surface area contributed by atoms with Crippen molar-refractivity contribution in [3.8, 4) is 0 Å². The fourth-order valence-electron chi connectivity index (χ4n) is 2.31. The molecule has 2 aromatic rings. The van der Waals surface area contributed by atoms with Crippen LogP contribution in [0.2, 0.25) is 0 Å². The van der Waals surface area contributed by atoms with Crippen LogP contribution in [-0.2, 0) is 14.9 Å². The van der Waals surface area contributed by atoms with Gasteiger partial charge in [-0.1, -0.05) is 13.8 Å². The number of esters is 1. The minimum Gasteiger partial charge on any atom is -0.466 e. The van der Waals surface area contributed by atoms with Crippen LogP contribution < -0.4 is 0 Å². The average molecular weight is 308 g/mol. The summed E-state index contributed by atoms with van der Waals surface area (Å²) < 4.78 is 18.6. The summed E-state index contributed by atoms with van der Waals surface area (Å²) in [6, 6.07) is 3.98. The second-order valence-electron chi connectivity index (χ2n) is 5.70. The summed E-state index contributed by atoms with van der Waals surface area (Å²) in [5.41, 5.74) is 0.0167. The molecule has 0 fully saturated rings. The van der Waals surface area contributed by atoms with Crippen molar-refractivity contribution in [1.82, 2.24) is 4.98 Å². The summed E-state index contributed by atoms with van der Waals surface area (Å²) in [7, 11) is 0. The van der Waals surface area contributed by atoms with Gasteiger partial charge in [-0.15, -0.1) is 0 Å². The maximum absolute atomic E-state index is 13.7. The number of H-pyrrole nitrogens is 1. The number of nitrogens with zero attached hydrogens (tertiary/aromatic N) is 1. The molecule has 2 rings (SSSR count). The number of fused-ring (bicyclic) bond motifs is 1. The van der Waals surface area contributed by atoms with Crippen LogP contribution >= 0.6 is 0 Å². The zero-order valence-corrected chi connectivity index (χ0v) is 12.6. The van der Waals surface area contributed by atoms with Gasteiger partial charge in [-0.3, -0.25) is 14.9 Å². The van der Waals surface area contributed by atoms with Gasteiger partial charge < -0.3 is 9.72 Å². The molecule has 118 valence electrons. The topological polar surface area (TPSA) is 85.2 Å². The second-order valence-corrected chi connectivity index (χ2v) is 5.70. The Morgan fingerprint density at radius 3 is 2.68 bits per heavy atom. The molecule has 0 aliphatic heterocycles. The lowest BCUT2D eigenvalue weighted by Gasteiger charge is -2.22. The third-order valence-corrected chi connectivity index (χ3v) is 3.51. The van der Waals surface area contributed by atoms with Gasteiger partial charge in [-0.2, -0.15) is 4.39 Å². The number of carbonyl (C=O) groups is 1. The minimum absolute atomic E-state index is 0.151. The number of aromatic amines is 1. The molecule has 1 N–H and O–H groups in total. The number of nitrogens with one attached hydrogen (secondary N) is 1. The van der Waals surface area contributed by atoms with Gasteiger partial charge >= 0.3 is 11.7 Å². The van der Waals surface area contributed by atoms with Crippen LogP contribution in [0.25, 0.3) is 10.9 Å². The predicted molar refractivity (Wildman–Crippen MR) is 79.2 cm³/mol. The van der Waals surface area contributed by atoms with Crippen molar-refractivity contribution in [1.29, 1.82) is 0 Å². The molecule has 0 amide bonds. The third kappa shape index (κ3) is 3.08. The number of nitro benzene ring substituents is 1. The zero-order valence-electron chi connectivity index (χ0n) is 12.6. The number of hydrogen-bond donors (Lipinski definition) is 1. The lowest BCUT2D eigenvalue weighted by Crippen LogP contribution is -2.23. The summed E-state index contributed by atoms with van der Waals surface area (Å²) in [4.78, 5) is 24.7. The molecule has 1 heterocycles. The predicted octanol–water partition coefficient (Wildman–Crippen LogP) is 3.45. The number of carbonyl (C=O) groups excluding carboxylic acids is 1. The van der Waals surface area contributed by atoms with Crippen molar-refractivity contribution in [3.63, 3.8) is 0 Å². The molecular weight excluding hydrogens is 291 g/mol. The smallest absolute Gasteiger partial charge is 0.306 e. The number of benzene rings is 1. The van der Waals surface area contributed by atoms with Crippen molar-refractivity contribution in [3.05, 3.63) is 39.8 Å². The van der Waals surface area contributed by atoms with Crippen molar-refractivity contribution in [2.45, 2.75) is 32.6 Å². The normalized spacial score (nSPS) is 11.6. The molecule has 0 aliphatic carbocycles. The molecule has 0 radical (unpaired) electrons. The first-order valence-corrected chi connectivity index (χ1v) is 6.87. The van der Waals surface area contributed by atoms with E-state index in [2.05, 4.69) is 4.98 Å². The van der Waals surface area contributed by atoms with Crippen molar-refractivity contribution < 1.29 is 18.8 Å². The summed E-state index contributed by atoms with van der Waals surface area (Å²) in [6.07, 6.45) is 0.151. The maximum Gasteiger partial charge on any atom is 0.306 e. The van der Waals surface area contributed by atoms with E-state index in [4.69, 9.17) is 4.74 Å². The zero-order chi connectivity index (χ0) is 16.5. The van der Waals surface area contributed by atoms with Gasteiger partial charge in [0.05, 0.1) is 18.0 Å². The van der Waals surface area contributed by atoms with Crippen LogP contribution in [0.3, 0.4) is 0 Å². The molecule has 0 unspecified atom stereocenters. The fourth-order valence-corrected chi connectivity index (χ4v) is 2.31. The minimum atomic E-state index is -0.894. The highest BCUT2D eigenvalue weighted by Gasteiger charge is 2.27. The SMILES string of the molecule is CCOC(=O)CC(C)(C)c1cc2cc([N+](=O)[O-])c(F)cc2[nH]1. The van der Waals surface area contributed by atoms with E-state index in [1.54, 1.807) is 13.0 Å². The molecule has 7 heteroatoms. The molecule has 6 nitrogen and oxygen atoms in total.